The molecule has 2 aliphatic rings. The van der Waals surface area contributed by atoms with E-state index in [0.717, 1.165) is 0 Å². The van der Waals surface area contributed by atoms with Crippen LogP contribution in [0.4, 0.5) is 5.69 Å². The maximum Gasteiger partial charge on any atom is 0.356 e. The lowest BCUT2D eigenvalue weighted by Crippen LogP contribution is -2.39. The summed E-state index contributed by atoms with van der Waals surface area (Å²) in [6, 6.07) is 5.70. The van der Waals surface area contributed by atoms with Crippen molar-refractivity contribution in [2.24, 2.45) is 11.0 Å². The molecule has 1 saturated heterocycles. The second-order valence-electron chi connectivity index (χ2n) is 5.87. The molecule has 11 nitrogen and oxygen atoms in total. The van der Waals surface area contributed by atoms with E-state index in [0.29, 0.717) is 11.1 Å². The first-order chi connectivity index (χ1) is 13.5. The van der Waals surface area contributed by atoms with Crippen LogP contribution in [-0.2, 0) is 28.5 Å². The summed E-state index contributed by atoms with van der Waals surface area (Å²) in [4.78, 5) is 34.4. The molecular weight excluding hydrogens is 374 g/mol. The monoisotopic (exact) mass is 391 g/mol. The number of nitro benzene ring substituents is 1. The topological polar surface area (TPSA) is 139 Å². The van der Waals surface area contributed by atoms with Crippen molar-refractivity contribution in [1.82, 2.24) is 5.43 Å². The highest BCUT2D eigenvalue weighted by molar-refractivity contribution is 6.38. The SMILES string of the molecule is COC(=O)C1=NNC(C(=O)OC)=C2COC(c3ccc([N+](=O)[O-])cc3)OCC12. The minimum Gasteiger partial charge on any atom is -0.464 e. The Hall–Kier alpha value is -3.31. The molecule has 2 unspecified atom stereocenters. The van der Waals surface area contributed by atoms with Crippen molar-refractivity contribution in [2.45, 2.75) is 6.29 Å². The van der Waals surface area contributed by atoms with E-state index in [2.05, 4.69) is 10.5 Å². The van der Waals surface area contributed by atoms with Crippen LogP contribution in [0.2, 0.25) is 0 Å². The van der Waals surface area contributed by atoms with E-state index >= 15 is 0 Å². The fraction of sp³-hybridized carbons (Fsp3) is 0.353. The number of non-ortho nitro benzene ring substituents is 1. The molecule has 1 N–H and O–H groups in total. The molecule has 2 heterocycles. The largest absolute Gasteiger partial charge is 0.464 e. The van der Waals surface area contributed by atoms with E-state index in [1.165, 1.54) is 38.5 Å². The zero-order valence-electron chi connectivity index (χ0n) is 15.0. The Labute approximate surface area is 159 Å². The summed E-state index contributed by atoms with van der Waals surface area (Å²) in [6.45, 7) is -0.0765. The molecule has 1 aromatic rings. The van der Waals surface area contributed by atoms with E-state index in [4.69, 9.17) is 18.9 Å². The minimum atomic E-state index is -0.850. The van der Waals surface area contributed by atoms with Crippen molar-refractivity contribution in [3.63, 3.8) is 0 Å². The van der Waals surface area contributed by atoms with Gasteiger partial charge in [-0.25, -0.2) is 9.59 Å². The zero-order valence-corrected chi connectivity index (χ0v) is 15.0. The average molecular weight is 391 g/mol. The third kappa shape index (κ3) is 3.70. The summed E-state index contributed by atoms with van der Waals surface area (Å²) in [5.41, 5.74) is 3.54. The van der Waals surface area contributed by atoms with Crippen LogP contribution in [0, 0.1) is 16.0 Å². The molecule has 1 aromatic carbocycles. The van der Waals surface area contributed by atoms with Gasteiger partial charge in [0, 0.05) is 17.7 Å². The highest BCUT2D eigenvalue weighted by Gasteiger charge is 2.38. The minimum absolute atomic E-state index is 0.0207. The summed E-state index contributed by atoms with van der Waals surface area (Å²) in [5, 5.41) is 14.7. The van der Waals surface area contributed by atoms with Gasteiger partial charge >= 0.3 is 11.9 Å². The van der Waals surface area contributed by atoms with Gasteiger partial charge in [0.1, 0.15) is 5.70 Å². The number of hydrogen-bond donors (Lipinski definition) is 1. The van der Waals surface area contributed by atoms with Gasteiger partial charge in [-0.2, -0.15) is 5.10 Å². The Morgan fingerprint density at radius 1 is 1.18 bits per heavy atom. The lowest BCUT2D eigenvalue weighted by atomic mass is 9.92. The van der Waals surface area contributed by atoms with Crippen LogP contribution < -0.4 is 5.43 Å². The molecule has 28 heavy (non-hydrogen) atoms. The highest BCUT2D eigenvalue weighted by Crippen LogP contribution is 2.32. The molecular formula is C17H17N3O8. The molecule has 0 saturated carbocycles. The first-order valence-corrected chi connectivity index (χ1v) is 8.17. The summed E-state index contributed by atoms with van der Waals surface area (Å²) >= 11 is 0. The van der Waals surface area contributed by atoms with Gasteiger partial charge in [0.2, 0.25) is 0 Å². The first-order valence-electron chi connectivity index (χ1n) is 8.17. The molecule has 0 amide bonds. The molecule has 11 heteroatoms. The molecule has 2 atom stereocenters. The molecule has 1 fully saturated rings. The van der Waals surface area contributed by atoms with Crippen LogP contribution in [0.5, 0.6) is 0 Å². The number of hydrogen-bond acceptors (Lipinski definition) is 10. The van der Waals surface area contributed by atoms with Gasteiger partial charge in [-0.05, 0) is 17.7 Å². The van der Waals surface area contributed by atoms with Gasteiger partial charge in [-0.15, -0.1) is 0 Å². The number of fused-ring (bicyclic) bond motifs is 1. The maximum absolute atomic E-state index is 12.0. The van der Waals surface area contributed by atoms with Gasteiger partial charge in [-0.3, -0.25) is 15.5 Å². The Morgan fingerprint density at radius 3 is 2.46 bits per heavy atom. The van der Waals surface area contributed by atoms with E-state index < -0.39 is 29.1 Å². The van der Waals surface area contributed by atoms with Gasteiger partial charge in [0.15, 0.2) is 12.0 Å². The number of carbonyl (C=O) groups excluding carboxylic acids is 2. The second kappa shape index (κ2) is 8.15. The van der Waals surface area contributed by atoms with Gasteiger partial charge < -0.3 is 18.9 Å². The molecule has 0 aliphatic carbocycles. The average Bonchev–Trinajstić information content (AvgIpc) is 2.95. The standard InChI is InChI=1S/C17H17N3O8/c1-25-15(21)13-11-7-27-17(9-3-5-10(6-4-9)20(23)24)28-8-12(11)14(19-18-13)16(22)26-2/h3-6,11,17,19H,7-8H2,1-2H3. The van der Waals surface area contributed by atoms with Crippen LogP contribution in [-0.4, -0.2) is 50.0 Å². The first kappa shape index (κ1) is 19.5. The normalized spacial score (nSPS) is 21.6. The Balaban J connectivity index is 1.89. The van der Waals surface area contributed by atoms with Crippen LogP contribution in [0.15, 0.2) is 40.6 Å². The third-order valence-corrected chi connectivity index (χ3v) is 4.32. The van der Waals surface area contributed by atoms with Crippen LogP contribution in [0.25, 0.3) is 0 Å². The quantitative estimate of drug-likeness (QED) is 0.449. The third-order valence-electron chi connectivity index (χ3n) is 4.32. The summed E-state index contributed by atoms with van der Waals surface area (Å²) in [5.74, 6) is -2.01. The predicted molar refractivity (Wildman–Crippen MR) is 92.9 cm³/mol. The van der Waals surface area contributed by atoms with E-state index in [-0.39, 0.29) is 30.3 Å². The number of nitro groups is 1. The highest BCUT2D eigenvalue weighted by atomic mass is 16.7. The Bertz CT molecular complexity index is 862. The fourth-order valence-electron chi connectivity index (χ4n) is 2.87. The van der Waals surface area contributed by atoms with Crippen molar-refractivity contribution in [3.05, 3.63) is 51.2 Å². The Kier molecular flexibility index (Phi) is 5.66. The number of carbonyl (C=O) groups is 2. The summed E-state index contributed by atoms with van der Waals surface area (Å²) < 4.78 is 21.0. The zero-order chi connectivity index (χ0) is 20.3. The number of ether oxygens (including phenoxy) is 4. The molecule has 2 aliphatic heterocycles. The van der Waals surface area contributed by atoms with Crippen molar-refractivity contribution < 1.29 is 33.5 Å². The van der Waals surface area contributed by atoms with Crippen molar-refractivity contribution in [3.8, 4) is 0 Å². The summed E-state index contributed by atoms with van der Waals surface area (Å²) in [7, 11) is 2.44. The number of benzene rings is 1. The predicted octanol–water partition coefficient (Wildman–Crippen LogP) is 0.816. The van der Waals surface area contributed by atoms with Crippen LogP contribution in [0.1, 0.15) is 11.9 Å². The number of methoxy groups -OCH3 is 2. The molecule has 0 radical (unpaired) electrons. The molecule has 0 aromatic heterocycles. The number of nitrogens with zero attached hydrogens (tertiary/aromatic N) is 2. The van der Waals surface area contributed by atoms with E-state index in [1.807, 2.05) is 0 Å². The van der Waals surface area contributed by atoms with E-state index in [1.54, 1.807) is 0 Å². The number of nitrogens with one attached hydrogen (secondary N) is 1. The van der Waals surface area contributed by atoms with Crippen LogP contribution >= 0.6 is 0 Å². The van der Waals surface area contributed by atoms with Gasteiger partial charge in [-0.1, -0.05) is 0 Å². The van der Waals surface area contributed by atoms with Gasteiger partial charge in [0.25, 0.3) is 5.69 Å². The molecule has 3 rings (SSSR count). The van der Waals surface area contributed by atoms with Crippen molar-refractivity contribution >= 4 is 23.3 Å². The maximum atomic E-state index is 12.0. The van der Waals surface area contributed by atoms with Crippen molar-refractivity contribution in [2.75, 3.05) is 27.4 Å². The smallest absolute Gasteiger partial charge is 0.356 e. The Morgan fingerprint density at radius 2 is 1.86 bits per heavy atom. The van der Waals surface area contributed by atoms with Crippen LogP contribution in [0.3, 0.4) is 0 Å². The lowest BCUT2D eigenvalue weighted by molar-refractivity contribution is -0.384. The van der Waals surface area contributed by atoms with Gasteiger partial charge in [0.05, 0.1) is 38.3 Å². The summed E-state index contributed by atoms with van der Waals surface area (Å²) in [6.07, 6.45) is -0.850. The number of rotatable bonds is 4. The number of esters is 2. The fourth-order valence-corrected chi connectivity index (χ4v) is 2.87. The molecule has 148 valence electrons. The number of hydrazone groups is 1. The second-order valence-corrected chi connectivity index (χ2v) is 5.87. The van der Waals surface area contributed by atoms with Crippen molar-refractivity contribution in [1.29, 1.82) is 0 Å². The molecule has 0 bridgehead atoms. The lowest BCUT2D eigenvalue weighted by Gasteiger charge is -2.24. The molecule has 0 spiro atoms. The van der Waals surface area contributed by atoms with E-state index in [9.17, 15) is 19.7 Å².